The SMILES string of the molecule is C[C@H](O)C(=O)N1CC(O)C2(CC2)C1. The zero-order valence-corrected chi connectivity index (χ0v) is 7.73. The highest BCUT2D eigenvalue weighted by Crippen LogP contribution is 2.52. The zero-order chi connectivity index (χ0) is 9.64. The molecule has 1 unspecified atom stereocenters. The summed E-state index contributed by atoms with van der Waals surface area (Å²) in [5.41, 5.74) is -0.00937. The van der Waals surface area contributed by atoms with Crippen molar-refractivity contribution in [2.75, 3.05) is 13.1 Å². The van der Waals surface area contributed by atoms with E-state index < -0.39 is 6.10 Å². The van der Waals surface area contributed by atoms with Crippen LogP contribution in [-0.4, -0.2) is 46.3 Å². The van der Waals surface area contributed by atoms with Crippen LogP contribution in [0.3, 0.4) is 0 Å². The molecule has 1 saturated carbocycles. The summed E-state index contributed by atoms with van der Waals surface area (Å²) in [6.45, 7) is 2.48. The largest absolute Gasteiger partial charge is 0.391 e. The molecule has 2 aliphatic rings. The molecule has 13 heavy (non-hydrogen) atoms. The quantitative estimate of drug-likeness (QED) is 0.570. The summed E-state index contributed by atoms with van der Waals surface area (Å²) in [5, 5.41) is 18.7. The second-order valence-corrected chi connectivity index (χ2v) is 4.27. The van der Waals surface area contributed by atoms with Gasteiger partial charge in [-0.25, -0.2) is 0 Å². The first kappa shape index (κ1) is 8.97. The highest BCUT2D eigenvalue weighted by molar-refractivity contribution is 5.80. The number of hydrogen-bond acceptors (Lipinski definition) is 3. The average molecular weight is 185 g/mol. The molecule has 1 heterocycles. The lowest BCUT2D eigenvalue weighted by molar-refractivity contribution is -0.138. The van der Waals surface area contributed by atoms with E-state index in [0.29, 0.717) is 13.1 Å². The number of aliphatic hydroxyl groups is 2. The van der Waals surface area contributed by atoms with E-state index in [9.17, 15) is 9.90 Å². The van der Waals surface area contributed by atoms with Crippen LogP contribution in [0.25, 0.3) is 0 Å². The third kappa shape index (κ3) is 1.34. The number of aliphatic hydroxyl groups excluding tert-OH is 2. The number of amides is 1. The van der Waals surface area contributed by atoms with Crippen LogP contribution in [0.15, 0.2) is 0 Å². The minimum Gasteiger partial charge on any atom is -0.391 e. The summed E-state index contributed by atoms with van der Waals surface area (Å²) in [7, 11) is 0. The summed E-state index contributed by atoms with van der Waals surface area (Å²) >= 11 is 0. The van der Waals surface area contributed by atoms with Crippen LogP contribution in [0.2, 0.25) is 0 Å². The Hall–Kier alpha value is -0.610. The van der Waals surface area contributed by atoms with Gasteiger partial charge in [-0.15, -0.1) is 0 Å². The smallest absolute Gasteiger partial charge is 0.251 e. The van der Waals surface area contributed by atoms with Crippen molar-refractivity contribution in [3.05, 3.63) is 0 Å². The van der Waals surface area contributed by atoms with Gasteiger partial charge in [-0.2, -0.15) is 0 Å². The Labute approximate surface area is 77.2 Å². The summed E-state index contributed by atoms with van der Waals surface area (Å²) in [5.74, 6) is -0.261. The van der Waals surface area contributed by atoms with E-state index in [1.54, 1.807) is 4.90 Å². The van der Waals surface area contributed by atoms with E-state index in [1.807, 2.05) is 0 Å². The third-order valence-electron chi connectivity index (χ3n) is 3.17. The van der Waals surface area contributed by atoms with Crippen LogP contribution in [-0.2, 0) is 4.79 Å². The number of carbonyl (C=O) groups is 1. The second kappa shape index (κ2) is 2.69. The van der Waals surface area contributed by atoms with Gasteiger partial charge >= 0.3 is 0 Å². The van der Waals surface area contributed by atoms with Crippen molar-refractivity contribution in [1.29, 1.82) is 0 Å². The van der Waals surface area contributed by atoms with Crippen molar-refractivity contribution in [3.8, 4) is 0 Å². The van der Waals surface area contributed by atoms with Crippen LogP contribution >= 0.6 is 0 Å². The Morgan fingerprint density at radius 3 is 2.62 bits per heavy atom. The fourth-order valence-electron chi connectivity index (χ4n) is 2.04. The van der Waals surface area contributed by atoms with Crippen molar-refractivity contribution in [2.24, 2.45) is 5.41 Å². The van der Waals surface area contributed by atoms with E-state index in [4.69, 9.17) is 5.11 Å². The van der Waals surface area contributed by atoms with Gasteiger partial charge in [-0.3, -0.25) is 4.79 Å². The normalized spacial score (nSPS) is 32.2. The highest BCUT2D eigenvalue weighted by atomic mass is 16.3. The minimum absolute atomic E-state index is 0.00937. The Balaban J connectivity index is 2.01. The lowest BCUT2D eigenvalue weighted by atomic mass is 10.0. The van der Waals surface area contributed by atoms with Crippen molar-refractivity contribution in [3.63, 3.8) is 0 Å². The number of carbonyl (C=O) groups excluding carboxylic acids is 1. The molecule has 1 amide bonds. The molecule has 0 aromatic heterocycles. The molecular formula is C9H15NO3. The van der Waals surface area contributed by atoms with E-state index in [0.717, 1.165) is 12.8 Å². The monoisotopic (exact) mass is 185 g/mol. The van der Waals surface area contributed by atoms with Crippen LogP contribution in [0.5, 0.6) is 0 Å². The Bertz CT molecular complexity index is 235. The van der Waals surface area contributed by atoms with Gasteiger partial charge in [0.2, 0.25) is 0 Å². The molecule has 0 aromatic carbocycles. The molecule has 1 aliphatic heterocycles. The molecule has 2 rings (SSSR count). The fraction of sp³-hybridized carbons (Fsp3) is 0.889. The topological polar surface area (TPSA) is 60.8 Å². The van der Waals surface area contributed by atoms with Crippen molar-refractivity contribution in [2.45, 2.75) is 32.0 Å². The number of hydrogen-bond donors (Lipinski definition) is 2. The number of β-amino-alcohol motifs (C(OH)–C–C–N with tert-alkyl or cyclic N) is 1. The first-order chi connectivity index (χ1) is 6.05. The van der Waals surface area contributed by atoms with E-state index >= 15 is 0 Å². The molecule has 4 nitrogen and oxygen atoms in total. The molecule has 0 radical (unpaired) electrons. The fourth-order valence-corrected chi connectivity index (χ4v) is 2.04. The number of nitrogens with zero attached hydrogens (tertiary/aromatic N) is 1. The van der Waals surface area contributed by atoms with Gasteiger partial charge in [-0.05, 0) is 19.8 Å². The lowest BCUT2D eigenvalue weighted by Crippen LogP contribution is -2.36. The molecule has 2 N–H and O–H groups in total. The van der Waals surface area contributed by atoms with E-state index in [1.165, 1.54) is 6.92 Å². The molecule has 1 spiro atoms. The van der Waals surface area contributed by atoms with Crippen LogP contribution in [0.1, 0.15) is 19.8 Å². The van der Waals surface area contributed by atoms with Crippen LogP contribution in [0, 0.1) is 5.41 Å². The van der Waals surface area contributed by atoms with Gasteiger partial charge in [-0.1, -0.05) is 0 Å². The maximum atomic E-state index is 11.4. The predicted molar refractivity (Wildman–Crippen MR) is 45.9 cm³/mol. The predicted octanol–water partition coefficient (Wildman–Crippen LogP) is -0.650. The molecule has 2 atom stereocenters. The molecule has 1 saturated heterocycles. The number of rotatable bonds is 1. The first-order valence-electron chi connectivity index (χ1n) is 4.70. The van der Waals surface area contributed by atoms with Gasteiger partial charge in [0.1, 0.15) is 6.10 Å². The van der Waals surface area contributed by atoms with Gasteiger partial charge in [0.25, 0.3) is 5.91 Å². The van der Waals surface area contributed by atoms with Crippen LogP contribution < -0.4 is 0 Å². The van der Waals surface area contributed by atoms with Gasteiger partial charge in [0.05, 0.1) is 6.10 Å². The summed E-state index contributed by atoms with van der Waals surface area (Å²) in [6.07, 6.45) is 0.700. The molecule has 1 aliphatic carbocycles. The maximum Gasteiger partial charge on any atom is 0.251 e. The molecular weight excluding hydrogens is 170 g/mol. The van der Waals surface area contributed by atoms with Gasteiger partial charge in [0, 0.05) is 18.5 Å². The summed E-state index contributed by atoms with van der Waals surface area (Å²) in [6, 6.07) is 0. The number of likely N-dealkylation sites (tertiary alicyclic amines) is 1. The van der Waals surface area contributed by atoms with Crippen molar-refractivity contribution >= 4 is 5.91 Å². The zero-order valence-electron chi connectivity index (χ0n) is 7.73. The Morgan fingerprint density at radius 2 is 2.23 bits per heavy atom. The summed E-state index contributed by atoms with van der Waals surface area (Å²) < 4.78 is 0. The van der Waals surface area contributed by atoms with Gasteiger partial charge < -0.3 is 15.1 Å². The van der Waals surface area contributed by atoms with E-state index in [-0.39, 0.29) is 17.4 Å². The molecule has 2 fully saturated rings. The van der Waals surface area contributed by atoms with Gasteiger partial charge in [0.15, 0.2) is 0 Å². The van der Waals surface area contributed by atoms with E-state index in [2.05, 4.69) is 0 Å². The first-order valence-corrected chi connectivity index (χ1v) is 4.70. The Morgan fingerprint density at radius 1 is 1.62 bits per heavy atom. The molecule has 74 valence electrons. The molecule has 4 heteroatoms. The second-order valence-electron chi connectivity index (χ2n) is 4.27. The van der Waals surface area contributed by atoms with Crippen LogP contribution in [0.4, 0.5) is 0 Å². The van der Waals surface area contributed by atoms with Crippen molar-refractivity contribution in [1.82, 2.24) is 4.90 Å². The van der Waals surface area contributed by atoms with Crippen molar-refractivity contribution < 1.29 is 15.0 Å². The highest BCUT2D eigenvalue weighted by Gasteiger charge is 2.55. The minimum atomic E-state index is -0.943. The Kier molecular flexibility index (Phi) is 1.85. The lowest BCUT2D eigenvalue weighted by Gasteiger charge is -2.17. The standard InChI is InChI=1S/C9H15NO3/c1-6(11)8(13)10-4-7(12)9(5-10)2-3-9/h6-7,11-12H,2-5H2,1H3/t6-,7?/m0/s1. The summed E-state index contributed by atoms with van der Waals surface area (Å²) in [4.78, 5) is 12.9. The third-order valence-corrected chi connectivity index (χ3v) is 3.17. The molecule has 0 bridgehead atoms. The molecule has 0 aromatic rings. The maximum absolute atomic E-state index is 11.4. The average Bonchev–Trinajstić information content (AvgIpc) is 2.75.